The molecule has 0 unspecified atom stereocenters. The fourth-order valence-corrected chi connectivity index (χ4v) is 3.93. The Kier molecular flexibility index (Phi) is 5.49. The summed E-state index contributed by atoms with van der Waals surface area (Å²) in [5, 5.41) is 8.52. The first-order valence-corrected chi connectivity index (χ1v) is 11.2. The molecule has 36 heavy (non-hydrogen) atoms. The average molecular weight is 480 g/mol. The van der Waals surface area contributed by atoms with Crippen molar-refractivity contribution < 1.29 is 13.3 Å². The van der Waals surface area contributed by atoms with Gasteiger partial charge in [-0.2, -0.15) is 5.10 Å². The molecule has 0 fully saturated rings. The smallest absolute Gasteiger partial charge is 0.169 e. The number of imidazole rings is 1. The van der Waals surface area contributed by atoms with Crippen LogP contribution in [0.5, 0.6) is 0 Å². The van der Waals surface area contributed by atoms with E-state index in [0.29, 0.717) is 29.4 Å². The van der Waals surface area contributed by atoms with Crippen LogP contribution in [0.25, 0.3) is 34.0 Å². The highest BCUT2D eigenvalue weighted by Crippen LogP contribution is 2.27. The van der Waals surface area contributed by atoms with Crippen molar-refractivity contribution in [2.75, 3.05) is 0 Å². The van der Waals surface area contributed by atoms with E-state index in [4.69, 9.17) is 4.52 Å². The predicted molar refractivity (Wildman–Crippen MR) is 128 cm³/mol. The average Bonchev–Trinajstić information content (AvgIpc) is 3.54. The Hall–Kier alpha value is -4.79. The Bertz CT molecular complexity index is 1610. The molecule has 2 aromatic carbocycles. The first kappa shape index (κ1) is 21.7. The summed E-state index contributed by atoms with van der Waals surface area (Å²) in [4.78, 5) is 13.0. The highest BCUT2D eigenvalue weighted by atomic mass is 19.2. The first-order valence-electron chi connectivity index (χ1n) is 11.2. The lowest BCUT2D eigenvalue weighted by Crippen LogP contribution is -2.04. The summed E-state index contributed by atoms with van der Waals surface area (Å²) < 4.78 is 34.9. The number of pyridine rings is 1. The number of hydrogen-bond acceptors (Lipinski definition) is 6. The molecular formula is C27H18F2N6O. The van der Waals surface area contributed by atoms with E-state index < -0.39 is 11.6 Å². The molecule has 2 aliphatic heterocycles. The van der Waals surface area contributed by atoms with E-state index in [0.717, 1.165) is 29.3 Å². The van der Waals surface area contributed by atoms with Gasteiger partial charge in [0.05, 0.1) is 18.0 Å². The minimum Gasteiger partial charge on any atom is -0.359 e. The van der Waals surface area contributed by atoms with Crippen molar-refractivity contribution in [2.24, 2.45) is 0 Å². The molecule has 0 radical (unpaired) electrons. The molecule has 0 atom stereocenters. The maximum absolute atomic E-state index is 14.1. The van der Waals surface area contributed by atoms with Gasteiger partial charge in [-0.1, -0.05) is 41.6 Å². The standard InChI is InChI=1S/C27H18F2N6O/c28-22-6-3-5-21(26(22)29)27-32-24-14-31-35(16-25(24)33-27)15-20-13-23(34-36-20)18-9-7-17(8-10-18)12-19-4-1-2-11-30-19/h1-11,13-14,16H,12,15H2. The van der Waals surface area contributed by atoms with Crippen LogP contribution in [0, 0.1) is 11.6 Å². The molecule has 0 saturated carbocycles. The predicted octanol–water partition coefficient (Wildman–Crippen LogP) is 5.41. The van der Waals surface area contributed by atoms with Crippen molar-refractivity contribution in [2.45, 2.75) is 13.0 Å². The molecule has 2 aliphatic rings. The van der Waals surface area contributed by atoms with E-state index >= 15 is 0 Å². The number of rotatable bonds is 6. The van der Waals surface area contributed by atoms with Crippen LogP contribution < -0.4 is 0 Å². The van der Waals surface area contributed by atoms with Crippen LogP contribution in [0.2, 0.25) is 0 Å². The van der Waals surface area contributed by atoms with E-state index in [-0.39, 0.29) is 11.4 Å². The third kappa shape index (κ3) is 4.34. The lowest BCUT2D eigenvalue weighted by atomic mass is 10.1. The fraction of sp³-hybridized carbons (Fsp3) is 0.0741. The largest absolute Gasteiger partial charge is 0.359 e. The van der Waals surface area contributed by atoms with Gasteiger partial charge in [0.1, 0.15) is 23.6 Å². The maximum Gasteiger partial charge on any atom is 0.169 e. The molecule has 0 aliphatic carbocycles. The van der Waals surface area contributed by atoms with Crippen LogP contribution >= 0.6 is 0 Å². The van der Waals surface area contributed by atoms with Gasteiger partial charge in [-0.3, -0.25) is 9.67 Å². The topological polar surface area (TPSA) is 82.5 Å². The van der Waals surface area contributed by atoms with Crippen LogP contribution in [-0.2, 0) is 13.0 Å². The van der Waals surface area contributed by atoms with Gasteiger partial charge in [-0.05, 0) is 29.8 Å². The summed E-state index contributed by atoms with van der Waals surface area (Å²) in [5.74, 6) is -1.21. The number of hydrogen-bond donors (Lipinski definition) is 0. The van der Waals surface area contributed by atoms with Gasteiger partial charge < -0.3 is 4.52 Å². The van der Waals surface area contributed by atoms with Crippen LogP contribution in [0.3, 0.4) is 0 Å². The summed E-state index contributed by atoms with van der Waals surface area (Å²) in [6.07, 6.45) is 5.76. The highest BCUT2D eigenvalue weighted by molar-refractivity contribution is 5.65. The monoisotopic (exact) mass is 480 g/mol. The van der Waals surface area contributed by atoms with Crippen molar-refractivity contribution in [1.29, 1.82) is 0 Å². The molecule has 4 heterocycles. The van der Waals surface area contributed by atoms with E-state index in [9.17, 15) is 8.78 Å². The first-order chi connectivity index (χ1) is 17.6. The Morgan fingerprint density at radius 3 is 2.56 bits per heavy atom. The fourth-order valence-electron chi connectivity index (χ4n) is 3.93. The number of aromatic nitrogens is 6. The van der Waals surface area contributed by atoms with Crippen LogP contribution in [-0.4, -0.2) is 29.9 Å². The van der Waals surface area contributed by atoms with Crippen molar-refractivity contribution in [3.8, 4) is 34.0 Å². The third-order valence-electron chi connectivity index (χ3n) is 5.75. The number of benzene rings is 2. The molecule has 9 heteroatoms. The second-order valence-corrected chi connectivity index (χ2v) is 8.26. The zero-order chi connectivity index (χ0) is 24.5. The molecule has 6 rings (SSSR count). The molecule has 2 aromatic heterocycles. The van der Waals surface area contributed by atoms with Gasteiger partial charge in [0.25, 0.3) is 0 Å². The van der Waals surface area contributed by atoms with E-state index in [1.165, 1.54) is 18.3 Å². The third-order valence-corrected chi connectivity index (χ3v) is 5.75. The summed E-state index contributed by atoms with van der Waals surface area (Å²) >= 11 is 0. The summed E-state index contributed by atoms with van der Waals surface area (Å²) in [5.41, 5.74) is 4.81. The Balaban J connectivity index is 1.18. The molecule has 0 spiro atoms. The van der Waals surface area contributed by atoms with E-state index in [1.54, 1.807) is 17.1 Å². The number of nitrogens with zero attached hydrogens (tertiary/aromatic N) is 6. The molecule has 0 N–H and O–H groups in total. The number of halogens is 2. The van der Waals surface area contributed by atoms with Crippen LogP contribution in [0.4, 0.5) is 8.78 Å². The molecule has 7 nitrogen and oxygen atoms in total. The van der Waals surface area contributed by atoms with Gasteiger partial charge in [0.15, 0.2) is 23.2 Å². The molecule has 0 bridgehead atoms. The van der Waals surface area contributed by atoms with E-state index in [2.05, 4.69) is 37.3 Å². The molecule has 0 amide bonds. The Labute approximate surface area is 204 Å². The van der Waals surface area contributed by atoms with Gasteiger partial charge in [0, 0.05) is 29.9 Å². The van der Waals surface area contributed by atoms with Crippen molar-refractivity contribution in [1.82, 2.24) is 29.9 Å². The SMILES string of the molecule is Fc1cccc(-c2nc3cnn(Cc4cc(-c5ccc(Cc6ccccn6)cc5)no4)cc-3n2)c1F. The Morgan fingerprint density at radius 2 is 1.72 bits per heavy atom. The normalized spacial score (nSPS) is 11.3. The van der Waals surface area contributed by atoms with Crippen LogP contribution in [0.1, 0.15) is 17.0 Å². The highest BCUT2D eigenvalue weighted by Gasteiger charge is 2.18. The zero-order valence-corrected chi connectivity index (χ0v) is 18.8. The lowest BCUT2D eigenvalue weighted by molar-refractivity contribution is 0.372. The minimum atomic E-state index is -0.979. The summed E-state index contributed by atoms with van der Waals surface area (Å²) in [6, 6.07) is 19.8. The minimum absolute atomic E-state index is 0.00340. The van der Waals surface area contributed by atoms with E-state index in [1.807, 2.05) is 36.4 Å². The molecule has 0 saturated heterocycles. The summed E-state index contributed by atoms with van der Waals surface area (Å²) in [7, 11) is 0. The van der Waals surface area contributed by atoms with Crippen molar-refractivity contribution in [3.05, 3.63) is 114 Å². The lowest BCUT2D eigenvalue weighted by Gasteiger charge is -2.03. The van der Waals surface area contributed by atoms with Gasteiger partial charge >= 0.3 is 0 Å². The Morgan fingerprint density at radius 1 is 0.861 bits per heavy atom. The van der Waals surface area contributed by atoms with Gasteiger partial charge in [0.2, 0.25) is 0 Å². The maximum atomic E-state index is 14.1. The van der Waals surface area contributed by atoms with Gasteiger partial charge in [-0.25, -0.2) is 18.7 Å². The second-order valence-electron chi connectivity index (χ2n) is 8.26. The van der Waals surface area contributed by atoms with Crippen molar-refractivity contribution >= 4 is 0 Å². The second kappa shape index (κ2) is 9.10. The molecule has 4 aromatic rings. The summed E-state index contributed by atoms with van der Waals surface area (Å²) in [6.45, 7) is 0.317. The molecule has 176 valence electrons. The molecular weight excluding hydrogens is 462 g/mol. The quantitative estimate of drug-likeness (QED) is 0.317. The van der Waals surface area contributed by atoms with Crippen LogP contribution in [0.15, 0.2) is 89.8 Å². The zero-order valence-electron chi connectivity index (χ0n) is 18.8. The number of fused-ring (bicyclic) bond motifs is 1. The van der Waals surface area contributed by atoms with Crippen molar-refractivity contribution in [3.63, 3.8) is 0 Å². The van der Waals surface area contributed by atoms with Gasteiger partial charge in [-0.15, -0.1) is 0 Å².